The minimum atomic E-state index is 0.294. The number of fused-ring (bicyclic) bond motifs is 3. The lowest BCUT2D eigenvalue weighted by atomic mass is 10.1. The van der Waals surface area contributed by atoms with Gasteiger partial charge in [0.25, 0.3) is 5.95 Å². The molecule has 0 aliphatic rings. The van der Waals surface area contributed by atoms with Crippen molar-refractivity contribution in [3.8, 4) is 11.3 Å². The number of hydrazone groups is 1. The summed E-state index contributed by atoms with van der Waals surface area (Å²) in [6.07, 6.45) is 2.52. The van der Waals surface area contributed by atoms with E-state index in [0.717, 1.165) is 28.4 Å². The number of halogens is 1. The zero-order chi connectivity index (χ0) is 20.5. The molecule has 148 valence electrons. The van der Waals surface area contributed by atoms with E-state index >= 15 is 0 Å². The number of aryl methyl sites for hydroxylation is 1. The molecule has 2 aromatic carbocycles. The summed E-state index contributed by atoms with van der Waals surface area (Å²) < 4.78 is 5.78. The van der Waals surface area contributed by atoms with Crippen LogP contribution in [0.2, 0.25) is 5.02 Å². The second-order valence-corrected chi connectivity index (χ2v) is 7.21. The molecule has 5 aromatic rings. The SMILES string of the molecule is CCc1ccc2[nH]c3nc(NN=Cc4ccc(-c5cccc(Cl)c5)o4)nnc3c2c1. The van der Waals surface area contributed by atoms with E-state index in [1.165, 1.54) is 5.56 Å². The minimum Gasteiger partial charge on any atom is -0.455 e. The number of benzene rings is 2. The number of nitrogens with one attached hydrogen (secondary N) is 2. The van der Waals surface area contributed by atoms with Crippen LogP contribution in [0.5, 0.6) is 0 Å². The van der Waals surface area contributed by atoms with Crippen molar-refractivity contribution < 1.29 is 4.42 Å². The first kappa shape index (κ1) is 18.3. The van der Waals surface area contributed by atoms with Crippen LogP contribution in [0.4, 0.5) is 5.95 Å². The smallest absolute Gasteiger partial charge is 0.265 e. The molecule has 2 N–H and O–H groups in total. The molecular formula is C22H17ClN6O. The number of aromatic nitrogens is 4. The van der Waals surface area contributed by atoms with Gasteiger partial charge in [0.1, 0.15) is 17.0 Å². The van der Waals surface area contributed by atoms with Gasteiger partial charge in [0.15, 0.2) is 5.65 Å². The highest BCUT2D eigenvalue weighted by Gasteiger charge is 2.09. The van der Waals surface area contributed by atoms with Crippen LogP contribution < -0.4 is 5.43 Å². The zero-order valence-corrected chi connectivity index (χ0v) is 16.8. The molecule has 3 aromatic heterocycles. The number of hydrogen-bond acceptors (Lipinski definition) is 6. The molecule has 0 saturated carbocycles. The summed E-state index contributed by atoms with van der Waals surface area (Å²) in [5.74, 6) is 1.59. The molecule has 0 bridgehead atoms. The first-order valence-electron chi connectivity index (χ1n) is 9.49. The Labute approximate surface area is 176 Å². The van der Waals surface area contributed by atoms with E-state index in [0.29, 0.717) is 28.1 Å². The molecule has 0 amide bonds. The Balaban J connectivity index is 1.35. The Hall–Kier alpha value is -3.71. The second-order valence-electron chi connectivity index (χ2n) is 6.77. The van der Waals surface area contributed by atoms with E-state index in [4.69, 9.17) is 16.0 Å². The minimum absolute atomic E-state index is 0.294. The maximum atomic E-state index is 6.03. The van der Waals surface area contributed by atoms with Crippen LogP contribution >= 0.6 is 11.6 Å². The maximum Gasteiger partial charge on any atom is 0.265 e. The molecule has 7 nitrogen and oxygen atoms in total. The van der Waals surface area contributed by atoms with Crippen LogP contribution in [0, 0.1) is 0 Å². The Morgan fingerprint density at radius 3 is 2.93 bits per heavy atom. The van der Waals surface area contributed by atoms with E-state index in [1.54, 1.807) is 6.21 Å². The van der Waals surface area contributed by atoms with Crippen LogP contribution in [-0.2, 0) is 6.42 Å². The van der Waals surface area contributed by atoms with Crippen molar-refractivity contribution in [3.05, 3.63) is 70.9 Å². The number of furan rings is 1. The van der Waals surface area contributed by atoms with Gasteiger partial charge in [-0.15, -0.1) is 10.2 Å². The number of hydrogen-bond donors (Lipinski definition) is 2. The van der Waals surface area contributed by atoms with Crippen molar-refractivity contribution in [3.63, 3.8) is 0 Å². The average Bonchev–Trinajstić information content (AvgIpc) is 3.37. The predicted molar refractivity (Wildman–Crippen MR) is 119 cm³/mol. The van der Waals surface area contributed by atoms with Gasteiger partial charge < -0.3 is 9.40 Å². The topological polar surface area (TPSA) is 92.0 Å². The van der Waals surface area contributed by atoms with Crippen molar-refractivity contribution in [1.82, 2.24) is 20.2 Å². The Kier molecular flexibility index (Phi) is 4.65. The quantitative estimate of drug-likeness (QED) is 0.294. The van der Waals surface area contributed by atoms with Crippen LogP contribution in [0.1, 0.15) is 18.2 Å². The van der Waals surface area contributed by atoms with E-state index in [9.17, 15) is 0 Å². The van der Waals surface area contributed by atoms with Gasteiger partial charge in [-0.05, 0) is 48.4 Å². The molecule has 0 saturated heterocycles. The van der Waals surface area contributed by atoms with Crippen molar-refractivity contribution in [2.24, 2.45) is 5.10 Å². The lowest BCUT2D eigenvalue weighted by molar-refractivity contribution is 0.575. The molecule has 0 fully saturated rings. The summed E-state index contributed by atoms with van der Waals surface area (Å²) >= 11 is 6.03. The lowest BCUT2D eigenvalue weighted by Gasteiger charge is -1.98. The molecule has 5 rings (SSSR count). The normalized spacial score (nSPS) is 11.7. The fourth-order valence-electron chi connectivity index (χ4n) is 3.26. The van der Waals surface area contributed by atoms with Gasteiger partial charge in [0.05, 0.1) is 6.21 Å². The number of aromatic amines is 1. The summed E-state index contributed by atoms with van der Waals surface area (Å²) in [6.45, 7) is 2.12. The summed E-state index contributed by atoms with van der Waals surface area (Å²) in [5.41, 5.74) is 7.32. The molecule has 3 heterocycles. The van der Waals surface area contributed by atoms with Crippen LogP contribution in [-0.4, -0.2) is 26.4 Å². The molecule has 0 atom stereocenters. The largest absolute Gasteiger partial charge is 0.455 e. The highest BCUT2D eigenvalue weighted by Crippen LogP contribution is 2.25. The molecule has 0 radical (unpaired) electrons. The summed E-state index contributed by atoms with van der Waals surface area (Å²) in [7, 11) is 0. The fourth-order valence-corrected chi connectivity index (χ4v) is 3.45. The molecular weight excluding hydrogens is 400 g/mol. The lowest BCUT2D eigenvalue weighted by Crippen LogP contribution is -1.98. The molecule has 0 aliphatic carbocycles. The van der Waals surface area contributed by atoms with Crippen molar-refractivity contribution >= 4 is 45.8 Å². The van der Waals surface area contributed by atoms with Crippen molar-refractivity contribution in [2.45, 2.75) is 13.3 Å². The van der Waals surface area contributed by atoms with Crippen molar-refractivity contribution in [1.29, 1.82) is 0 Å². The number of nitrogens with zero attached hydrogens (tertiary/aromatic N) is 4. The van der Waals surface area contributed by atoms with E-state index in [1.807, 2.05) is 42.5 Å². The van der Waals surface area contributed by atoms with Gasteiger partial charge >= 0.3 is 0 Å². The summed E-state index contributed by atoms with van der Waals surface area (Å²) in [6, 6.07) is 17.4. The van der Waals surface area contributed by atoms with E-state index in [2.05, 4.69) is 49.7 Å². The van der Waals surface area contributed by atoms with Crippen LogP contribution in [0.25, 0.3) is 33.4 Å². The predicted octanol–water partition coefficient (Wildman–Crippen LogP) is 5.43. The number of H-pyrrole nitrogens is 1. The van der Waals surface area contributed by atoms with Gasteiger partial charge in [-0.1, -0.05) is 36.7 Å². The summed E-state index contributed by atoms with van der Waals surface area (Å²) in [5, 5.41) is 14.3. The fraction of sp³-hybridized carbons (Fsp3) is 0.0909. The molecule has 8 heteroatoms. The molecule has 0 spiro atoms. The first-order chi connectivity index (χ1) is 14.7. The van der Waals surface area contributed by atoms with Crippen LogP contribution in [0.3, 0.4) is 0 Å². The Morgan fingerprint density at radius 2 is 2.07 bits per heavy atom. The van der Waals surface area contributed by atoms with E-state index in [-0.39, 0.29) is 0 Å². The molecule has 0 aliphatic heterocycles. The van der Waals surface area contributed by atoms with Gasteiger partial charge in [-0.2, -0.15) is 10.1 Å². The highest BCUT2D eigenvalue weighted by atomic mass is 35.5. The molecule has 30 heavy (non-hydrogen) atoms. The second kappa shape index (κ2) is 7.61. The van der Waals surface area contributed by atoms with Crippen molar-refractivity contribution in [2.75, 3.05) is 5.43 Å². The number of rotatable bonds is 5. The molecule has 0 unspecified atom stereocenters. The third-order valence-corrected chi connectivity index (χ3v) is 5.01. The van der Waals surface area contributed by atoms with Gasteiger partial charge in [0.2, 0.25) is 0 Å². The monoisotopic (exact) mass is 416 g/mol. The van der Waals surface area contributed by atoms with Crippen LogP contribution in [0.15, 0.2) is 64.1 Å². The third kappa shape index (κ3) is 3.51. The average molecular weight is 417 g/mol. The number of anilines is 1. The van der Waals surface area contributed by atoms with Gasteiger partial charge in [0, 0.05) is 21.5 Å². The standard InChI is InChI=1S/C22H17ClN6O/c1-2-13-6-8-18-17(10-13)20-21(25-18)26-22(29-27-20)28-24-12-16-7-9-19(30-16)14-4-3-5-15(23)11-14/h3-12H,2H2,1H3,(H2,25,26,28,29). The summed E-state index contributed by atoms with van der Waals surface area (Å²) in [4.78, 5) is 7.73. The maximum absolute atomic E-state index is 6.03. The first-order valence-corrected chi connectivity index (χ1v) is 9.87. The van der Waals surface area contributed by atoms with E-state index < -0.39 is 0 Å². The van der Waals surface area contributed by atoms with Gasteiger partial charge in [-0.3, -0.25) is 0 Å². The van der Waals surface area contributed by atoms with Gasteiger partial charge in [-0.25, -0.2) is 5.43 Å². The Bertz CT molecular complexity index is 1390. The highest BCUT2D eigenvalue weighted by molar-refractivity contribution is 6.30. The Morgan fingerprint density at radius 1 is 1.13 bits per heavy atom. The third-order valence-electron chi connectivity index (χ3n) is 4.78. The zero-order valence-electron chi connectivity index (χ0n) is 16.1.